The van der Waals surface area contributed by atoms with Gasteiger partial charge in [-0.3, -0.25) is 0 Å². The second-order valence-corrected chi connectivity index (χ2v) is 5.80. The van der Waals surface area contributed by atoms with Gasteiger partial charge in [-0.2, -0.15) is 0 Å². The lowest BCUT2D eigenvalue weighted by Crippen LogP contribution is -2.46. The van der Waals surface area contributed by atoms with Crippen LogP contribution in [-0.4, -0.2) is 55.5 Å². The topological polar surface area (TPSA) is 50.8 Å². The fourth-order valence-corrected chi connectivity index (χ4v) is 2.27. The summed E-state index contributed by atoms with van der Waals surface area (Å²) in [5, 5.41) is 3.14. The van der Waals surface area contributed by atoms with E-state index < -0.39 is 5.60 Å². The van der Waals surface area contributed by atoms with Crippen molar-refractivity contribution in [2.24, 2.45) is 0 Å². The van der Waals surface area contributed by atoms with Gasteiger partial charge in [0, 0.05) is 19.7 Å². The first-order valence-electron chi connectivity index (χ1n) is 6.58. The zero-order valence-corrected chi connectivity index (χ0v) is 12.2. The lowest BCUT2D eigenvalue weighted by Gasteiger charge is -2.29. The molecule has 1 fully saturated rings. The Hall–Kier alpha value is -0.810. The molecule has 1 aliphatic rings. The van der Waals surface area contributed by atoms with E-state index in [0.29, 0.717) is 19.7 Å². The number of carbonyl (C=O) groups is 1. The van der Waals surface area contributed by atoms with E-state index in [1.54, 1.807) is 4.90 Å². The highest BCUT2D eigenvalue weighted by molar-refractivity contribution is 5.68. The van der Waals surface area contributed by atoms with Crippen molar-refractivity contribution in [1.29, 1.82) is 0 Å². The zero-order chi connectivity index (χ0) is 13.8. The number of hydrogen-bond acceptors (Lipinski definition) is 4. The minimum absolute atomic E-state index is 0.250. The largest absolute Gasteiger partial charge is 0.444 e. The Morgan fingerprint density at radius 1 is 1.44 bits per heavy atom. The average molecular weight is 258 g/mol. The number of ether oxygens (including phenoxy) is 2. The van der Waals surface area contributed by atoms with Gasteiger partial charge in [0.1, 0.15) is 5.60 Å². The third kappa shape index (κ3) is 4.14. The third-order valence-electron chi connectivity index (χ3n) is 2.92. The number of amides is 1. The van der Waals surface area contributed by atoms with E-state index in [1.807, 2.05) is 34.7 Å². The number of likely N-dealkylation sites (tertiary alicyclic amines) is 1. The van der Waals surface area contributed by atoms with Gasteiger partial charge in [-0.15, -0.1) is 0 Å². The van der Waals surface area contributed by atoms with Gasteiger partial charge in [0.2, 0.25) is 0 Å². The first-order valence-corrected chi connectivity index (χ1v) is 6.58. The van der Waals surface area contributed by atoms with Crippen molar-refractivity contribution in [3.05, 3.63) is 0 Å². The maximum Gasteiger partial charge on any atom is 0.410 e. The highest BCUT2D eigenvalue weighted by Gasteiger charge is 2.41. The molecule has 1 heterocycles. The smallest absolute Gasteiger partial charge is 0.410 e. The molecule has 5 heteroatoms. The van der Waals surface area contributed by atoms with Crippen LogP contribution in [0.5, 0.6) is 0 Å². The molecule has 1 N–H and O–H groups in total. The first kappa shape index (κ1) is 15.2. The molecule has 0 aromatic heterocycles. The van der Waals surface area contributed by atoms with E-state index in [0.717, 1.165) is 13.0 Å². The van der Waals surface area contributed by atoms with Gasteiger partial charge in [0.05, 0.1) is 12.1 Å². The summed E-state index contributed by atoms with van der Waals surface area (Å²) in [7, 11) is 1.90. The Bertz CT molecular complexity index is 280. The van der Waals surface area contributed by atoms with Crippen molar-refractivity contribution in [2.75, 3.05) is 33.3 Å². The minimum atomic E-state index is -0.447. The Kier molecular flexibility index (Phi) is 4.99. The molecule has 1 amide bonds. The van der Waals surface area contributed by atoms with Crippen LogP contribution in [0.25, 0.3) is 0 Å². The fourth-order valence-electron chi connectivity index (χ4n) is 2.27. The number of carbonyl (C=O) groups excluding carboxylic acids is 1. The third-order valence-corrected chi connectivity index (χ3v) is 2.92. The zero-order valence-electron chi connectivity index (χ0n) is 12.2. The number of nitrogens with zero attached hydrogens (tertiary/aromatic N) is 1. The molecule has 0 aliphatic carbocycles. The number of nitrogens with one attached hydrogen (secondary N) is 1. The van der Waals surface area contributed by atoms with Gasteiger partial charge in [-0.25, -0.2) is 4.79 Å². The minimum Gasteiger partial charge on any atom is -0.444 e. The van der Waals surface area contributed by atoms with Gasteiger partial charge >= 0.3 is 6.09 Å². The summed E-state index contributed by atoms with van der Waals surface area (Å²) >= 11 is 0. The predicted molar refractivity (Wildman–Crippen MR) is 70.7 cm³/mol. The standard InChI is InChI=1S/C13H26N2O3/c1-6-17-13(9-14-5)7-8-15(10-13)11(16)18-12(2,3)4/h14H,6-10H2,1-5H3. The Morgan fingerprint density at radius 2 is 2.11 bits per heavy atom. The van der Waals surface area contributed by atoms with Crippen LogP contribution in [0.1, 0.15) is 34.1 Å². The van der Waals surface area contributed by atoms with Crippen LogP contribution in [0.3, 0.4) is 0 Å². The quantitative estimate of drug-likeness (QED) is 0.832. The second kappa shape index (κ2) is 5.89. The van der Waals surface area contributed by atoms with Crippen LogP contribution in [0.15, 0.2) is 0 Å². The van der Waals surface area contributed by atoms with Crippen molar-refractivity contribution in [2.45, 2.75) is 45.3 Å². The van der Waals surface area contributed by atoms with Crippen LogP contribution in [0.4, 0.5) is 4.79 Å². The monoisotopic (exact) mass is 258 g/mol. The van der Waals surface area contributed by atoms with Crippen molar-refractivity contribution in [3.63, 3.8) is 0 Å². The molecule has 5 nitrogen and oxygen atoms in total. The van der Waals surface area contributed by atoms with Gasteiger partial charge < -0.3 is 19.7 Å². The summed E-state index contributed by atoms with van der Waals surface area (Å²) in [5.41, 5.74) is -0.711. The van der Waals surface area contributed by atoms with Crippen LogP contribution in [0, 0.1) is 0 Å². The Balaban J connectivity index is 2.60. The highest BCUT2D eigenvalue weighted by atomic mass is 16.6. The molecule has 0 aromatic carbocycles. The van der Waals surface area contributed by atoms with Gasteiger partial charge in [-0.1, -0.05) is 0 Å². The summed E-state index contributed by atoms with van der Waals surface area (Å²) < 4.78 is 11.2. The van der Waals surface area contributed by atoms with Crippen molar-refractivity contribution < 1.29 is 14.3 Å². The van der Waals surface area contributed by atoms with Crippen LogP contribution in [0.2, 0.25) is 0 Å². The molecule has 1 rings (SSSR count). The fraction of sp³-hybridized carbons (Fsp3) is 0.923. The highest BCUT2D eigenvalue weighted by Crippen LogP contribution is 2.26. The molecule has 1 aliphatic heterocycles. The Labute approximate surface area is 110 Å². The van der Waals surface area contributed by atoms with Crippen molar-refractivity contribution in [3.8, 4) is 0 Å². The number of likely N-dealkylation sites (N-methyl/N-ethyl adjacent to an activating group) is 1. The molecule has 0 spiro atoms. The number of rotatable bonds is 4. The molecule has 0 radical (unpaired) electrons. The summed E-state index contributed by atoms with van der Waals surface area (Å²) in [6.45, 7) is 10.3. The molecule has 0 bridgehead atoms. The Morgan fingerprint density at radius 3 is 2.61 bits per heavy atom. The summed E-state index contributed by atoms with van der Waals surface area (Å²) in [6, 6.07) is 0. The lowest BCUT2D eigenvalue weighted by molar-refractivity contribution is -0.0318. The van der Waals surface area contributed by atoms with Crippen molar-refractivity contribution in [1.82, 2.24) is 10.2 Å². The van der Waals surface area contributed by atoms with E-state index in [1.165, 1.54) is 0 Å². The van der Waals surface area contributed by atoms with Gasteiger partial charge in [0.25, 0.3) is 0 Å². The predicted octanol–water partition coefficient (Wildman–Crippen LogP) is 1.62. The SMILES string of the molecule is CCOC1(CNC)CCN(C(=O)OC(C)(C)C)C1. The molecule has 18 heavy (non-hydrogen) atoms. The average Bonchev–Trinajstić information content (AvgIpc) is 2.61. The molecule has 106 valence electrons. The van der Waals surface area contributed by atoms with Crippen molar-refractivity contribution >= 4 is 6.09 Å². The molecule has 1 saturated heterocycles. The maximum absolute atomic E-state index is 12.0. The molecule has 1 unspecified atom stereocenters. The summed E-state index contributed by atoms with van der Waals surface area (Å²) in [4.78, 5) is 13.7. The first-order chi connectivity index (χ1) is 8.32. The normalized spacial score (nSPS) is 24.4. The van der Waals surface area contributed by atoms with Gasteiger partial charge in [-0.05, 0) is 41.2 Å². The maximum atomic E-state index is 12.0. The molecule has 0 saturated carbocycles. The van der Waals surface area contributed by atoms with E-state index in [2.05, 4.69) is 5.32 Å². The summed E-state index contributed by atoms with van der Waals surface area (Å²) in [5.74, 6) is 0. The molecule has 0 aromatic rings. The van der Waals surface area contributed by atoms with E-state index in [-0.39, 0.29) is 11.7 Å². The van der Waals surface area contributed by atoms with E-state index in [9.17, 15) is 4.79 Å². The van der Waals surface area contributed by atoms with Crippen LogP contribution < -0.4 is 5.32 Å². The van der Waals surface area contributed by atoms with Gasteiger partial charge in [0.15, 0.2) is 0 Å². The molecular weight excluding hydrogens is 232 g/mol. The summed E-state index contributed by atoms with van der Waals surface area (Å²) in [6.07, 6.45) is 0.598. The second-order valence-electron chi connectivity index (χ2n) is 5.80. The van der Waals surface area contributed by atoms with Crippen LogP contribution in [-0.2, 0) is 9.47 Å². The lowest BCUT2D eigenvalue weighted by atomic mass is 10.0. The van der Waals surface area contributed by atoms with E-state index >= 15 is 0 Å². The van der Waals surface area contributed by atoms with E-state index in [4.69, 9.17) is 9.47 Å². The number of hydrogen-bond donors (Lipinski definition) is 1. The molecular formula is C13H26N2O3. The van der Waals surface area contributed by atoms with Crippen LogP contribution >= 0.6 is 0 Å². The molecule has 1 atom stereocenters.